The topological polar surface area (TPSA) is 137 Å². The Hall–Kier alpha value is -2.96. The van der Waals surface area contributed by atoms with Gasteiger partial charge in [-0.3, -0.25) is 9.59 Å². The van der Waals surface area contributed by atoms with Crippen LogP contribution in [-0.2, 0) is 26.2 Å². The van der Waals surface area contributed by atoms with Crippen molar-refractivity contribution in [1.29, 1.82) is 0 Å². The Morgan fingerprint density at radius 1 is 1.25 bits per heavy atom. The number of carbonyl (C=O) groups excluding carboxylic acids is 1. The molecule has 1 atom stereocenters. The predicted molar refractivity (Wildman–Crippen MR) is 116 cm³/mol. The van der Waals surface area contributed by atoms with Crippen molar-refractivity contribution < 1.29 is 27.4 Å². The number of aromatic nitrogens is 2. The van der Waals surface area contributed by atoms with Gasteiger partial charge in [0, 0.05) is 6.07 Å². The van der Waals surface area contributed by atoms with Gasteiger partial charge in [0.2, 0.25) is 10.0 Å². The highest BCUT2D eigenvalue weighted by Gasteiger charge is 2.30. The molecule has 3 heterocycles. The predicted octanol–water partition coefficient (Wildman–Crippen LogP) is 1.80. The zero-order valence-corrected chi connectivity index (χ0v) is 18.9. The number of thiophene rings is 1. The van der Waals surface area contributed by atoms with E-state index in [1.807, 2.05) is 0 Å². The number of nitrogens with zero attached hydrogens (tertiary/aromatic N) is 1. The molecular formula is C20H21N3O7S2. The maximum Gasteiger partial charge on any atom is 0.324 e. The van der Waals surface area contributed by atoms with Crippen LogP contribution < -0.4 is 19.8 Å². The maximum absolute atomic E-state index is 12.9. The fourth-order valence-corrected chi connectivity index (χ4v) is 5.18. The molecule has 2 aromatic heterocycles. The van der Waals surface area contributed by atoms with E-state index in [9.17, 15) is 18.0 Å². The zero-order chi connectivity index (χ0) is 22.9. The number of hydrogen-bond donors (Lipinski definition) is 2. The molecular weight excluding hydrogens is 458 g/mol. The highest BCUT2D eigenvalue weighted by atomic mass is 32.2. The Labute approximate surface area is 187 Å². The first-order valence-corrected chi connectivity index (χ1v) is 12.2. The van der Waals surface area contributed by atoms with E-state index in [1.54, 1.807) is 25.3 Å². The van der Waals surface area contributed by atoms with Gasteiger partial charge in [0.05, 0.1) is 10.4 Å². The lowest BCUT2D eigenvalue weighted by atomic mass is 10.1. The Bertz CT molecular complexity index is 1310. The number of nitrogens with one attached hydrogen (secondary N) is 2. The van der Waals surface area contributed by atoms with Gasteiger partial charge in [-0.1, -0.05) is 13.8 Å². The number of carbonyl (C=O) groups is 1. The Balaban J connectivity index is 1.48. The van der Waals surface area contributed by atoms with Crippen LogP contribution in [0.4, 0.5) is 0 Å². The summed E-state index contributed by atoms with van der Waals surface area (Å²) < 4.78 is 44.8. The van der Waals surface area contributed by atoms with E-state index in [0.717, 1.165) is 0 Å². The normalized spacial score (nSPS) is 14.5. The molecule has 0 unspecified atom stereocenters. The molecule has 0 spiro atoms. The van der Waals surface area contributed by atoms with Gasteiger partial charge in [0.25, 0.3) is 5.56 Å². The molecule has 4 rings (SSSR count). The summed E-state index contributed by atoms with van der Waals surface area (Å²) in [6.07, 6.45) is 0. The summed E-state index contributed by atoms with van der Waals surface area (Å²) in [5, 5.41) is 1.74. The van der Waals surface area contributed by atoms with Crippen LogP contribution in [0.5, 0.6) is 11.5 Å². The standard InChI is InChI=1S/C20H21N3O7S2/c1-11(2)17(20(25)30-10-16-21-13-5-8-31-18(13)19(24)22-16)23-32(26,27)12-3-4-14-15(9-12)29-7-6-28-14/h3-5,8-9,11,17,23H,6-7,10H2,1-2H3,(H,21,22,24)/t17-/m0/s1. The van der Waals surface area contributed by atoms with Crippen molar-refractivity contribution in [3.63, 3.8) is 0 Å². The number of ether oxygens (including phenoxy) is 3. The third-order valence-electron chi connectivity index (χ3n) is 4.74. The third-order valence-corrected chi connectivity index (χ3v) is 7.08. The molecule has 2 N–H and O–H groups in total. The Morgan fingerprint density at radius 2 is 2.00 bits per heavy atom. The van der Waals surface area contributed by atoms with E-state index in [4.69, 9.17) is 14.2 Å². The molecule has 0 saturated heterocycles. The third kappa shape index (κ3) is 4.61. The van der Waals surface area contributed by atoms with Gasteiger partial charge >= 0.3 is 5.97 Å². The van der Waals surface area contributed by atoms with Crippen LogP contribution in [0.1, 0.15) is 19.7 Å². The summed E-state index contributed by atoms with van der Waals surface area (Å²) in [7, 11) is -4.05. The highest BCUT2D eigenvalue weighted by molar-refractivity contribution is 7.89. The van der Waals surface area contributed by atoms with E-state index in [-0.39, 0.29) is 22.9 Å². The first-order valence-electron chi connectivity index (χ1n) is 9.79. The average Bonchev–Trinajstić information content (AvgIpc) is 3.24. The second-order valence-electron chi connectivity index (χ2n) is 7.40. The van der Waals surface area contributed by atoms with Gasteiger partial charge in [-0.25, -0.2) is 13.4 Å². The van der Waals surface area contributed by atoms with Gasteiger partial charge in [0.15, 0.2) is 11.5 Å². The van der Waals surface area contributed by atoms with Gasteiger partial charge in [-0.15, -0.1) is 11.3 Å². The van der Waals surface area contributed by atoms with E-state index in [0.29, 0.717) is 34.9 Å². The van der Waals surface area contributed by atoms with Crippen molar-refractivity contribution in [2.45, 2.75) is 31.4 Å². The number of esters is 1. The molecule has 1 aliphatic rings. The van der Waals surface area contributed by atoms with Crippen molar-refractivity contribution in [3.8, 4) is 11.5 Å². The van der Waals surface area contributed by atoms with Crippen molar-refractivity contribution >= 4 is 37.5 Å². The quantitative estimate of drug-likeness (QED) is 0.490. The molecule has 0 fully saturated rings. The number of benzene rings is 1. The SMILES string of the molecule is CC(C)[C@H](NS(=O)(=O)c1ccc2c(c1)OCCO2)C(=O)OCc1nc2ccsc2c(=O)[nH]1. The number of rotatable bonds is 7. The number of hydrogen-bond acceptors (Lipinski definition) is 9. The molecule has 0 saturated carbocycles. The van der Waals surface area contributed by atoms with Crippen LogP contribution in [0.2, 0.25) is 0 Å². The van der Waals surface area contributed by atoms with Gasteiger partial charge in [-0.05, 0) is 29.5 Å². The molecule has 0 aliphatic carbocycles. The first kappa shape index (κ1) is 22.2. The minimum Gasteiger partial charge on any atom is -0.486 e. The fourth-order valence-electron chi connectivity index (χ4n) is 3.10. The maximum atomic E-state index is 12.9. The minimum absolute atomic E-state index is 0.0610. The van der Waals surface area contributed by atoms with Crippen molar-refractivity contribution in [2.24, 2.45) is 5.92 Å². The number of sulfonamides is 1. The molecule has 1 aliphatic heterocycles. The second-order valence-corrected chi connectivity index (χ2v) is 10.0. The lowest BCUT2D eigenvalue weighted by Gasteiger charge is -2.22. The molecule has 0 amide bonds. The molecule has 32 heavy (non-hydrogen) atoms. The average molecular weight is 480 g/mol. The summed E-state index contributed by atoms with van der Waals surface area (Å²) in [4.78, 5) is 31.5. The van der Waals surface area contributed by atoms with Crippen molar-refractivity contribution in [1.82, 2.24) is 14.7 Å². The summed E-state index contributed by atoms with van der Waals surface area (Å²) in [5.41, 5.74) is 0.181. The van der Waals surface area contributed by atoms with Crippen LogP contribution in [0.3, 0.4) is 0 Å². The van der Waals surface area contributed by atoms with E-state index >= 15 is 0 Å². The van der Waals surface area contributed by atoms with Crippen LogP contribution >= 0.6 is 11.3 Å². The highest BCUT2D eigenvalue weighted by Crippen LogP contribution is 2.32. The first-order chi connectivity index (χ1) is 15.2. The number of H-pyrrole nitrogens is 1. The van der Waals surface area contributed by atoms with E-state index in [1.165, 1.54) is 29.5 Å². The molecule has 1 aromatic carbocycles. The lowest BCUT2D eigenvalue weighted by molar-refractivity contribution is -0.148. The zero-order valence-electron chi connectivity index (χ0n) is 17.3. The summed E-state index contributed by atoms with van der Waals surface area (Å²) in [5.74, 6) is -0.234. The van der Waals surface area contributed by atoms with Crippen molar-refractivity contribution in [3.05, 3.63) is 45.8 Å². The molecule has 3 aromatic rings. The molecule has 10 nitrogen and oxygen atoms in total. The van der Waals surface area contributed by atoms with Gasteiger partial charge in [0.1, 0.15) is 36.4 Å². The minimum atomic E-state index is -4.05. The van der Waals surface area contributed by atoms with Crippen LogP contribution in [0.15, 0.2) is 39.3 Å². The molecule has 12 heteroatoms. The number of aromatic amines is 1. The van der Waals surface area contributed by atoms with Gasteiger partial charge < -0.3 is 19.2 Å². The summed E-state index contributed by atoms with van der Waals surface area (Å²) in [6.45, 7) is 3.79. The molecule has 0 radical (unpaired) electrons. The van der Waals surface area contributed by atoms with Crippen molar-refractivity contribution in [2.75, 3.05) is 13.2 Å². The van der Waals surface area contributed by atoms with Gasteiger partial charge in [-0.2, -0.15) is 4.72 Å². The largest absolute Gasteiger partial charge is 0.486 e. The lowest BCUT2D eigenvalue weighted by Crippen LogP contribution is -2.45. The molecule has 170 valence electrons. The van der Waals surface area contributed by atoms with E-state index < -0.39 is 28.0 Å². The summed E-state index contributed by atoms with van der Waals surface area (Å²) in [6, 6.07) is 4.78. The van der Waals surface area contributed by atoms with Crippen LogP contribution in [-0.4, -0.2) is 43.6 Å². The van der Waals surface area contributed by atoms with Crippen LogP contribution in [0.25, 0.3) is 10.2 Å². The molecule has 0 bridgehead atoms. The van der Waals surface area contributed by atoms with E-state index in [2.05, 4.69) is 14.7 Å². The second kappa shape index (κ2) is 8.88. The smallest absolute Gasteiger partial charge is 0.324 e. The fraction of sp³-hybridized carbons (Fsp3) is 0.350. The number of fused-ring (bicyclic) bond motifs is 2. The Morgan fingerprint density at radius 3 is 2.75 bits per heavy atom. The Kier molecular flexibility index (Phi) is 6.17. The van der Waals surface area contributed by atoms with Crippen LogP contribution in [0, 0.1) is 5.92 Å². The monoisotopic (exact) mass is 479 g/mol. The summed E-state index contributed by atoms with van der Waals surface area (Å²) >= 11 is 1.26.